The molecule has 0 aliphatic rings. The SMILES string of the molecule is Cc1[nH]c2ccccc2c1-c1nc(-c2cccc([N+](=O)[O-])c2)c(-c2cccc([N+](=O)[O-])c2)[nH]1. The number of nitro benzene ring substituents is 2. The van der Waals surface area contributed by atoms with Crippen molar-refractivity contribution in [3.05, 3.63) is 98.7 Å². The molecule has 162 valence electrons. The Hall–Kier alpha value is -4.79. The van der Waals surface area contributed by atoms with Gasteiger partial charge in [-0.3, -0.25) is 20.2 Å². The largest absolute Gasteiger partial charge is 0.358 e. The number of nitro groups is 2. The Kier molecular flexibility index (Phi) is 4.71. The van der Waals surface area contributed by atoms with Crippen molar-refractivity contribution in [2.45, 2.75) is 6.92 Å². The number of aromatic amines is 2. The van der Waals surface area contributed by atoms with Crippen molar-refractivity contribution in [2.24, 2.45) is 0 Å². The van der Waals surface area contributed by atoms with Gasteiger partial charge in [-0.2, -0.15) is 0 Å². The van der Waals surface area contributed by atoms with E-state index in [9.17, 15) is 20.2 Å². The summed E-state index contributed by atoms with van der Waals surface area (Å²) in [5, 5.41) is 23.7. The fourth-order valence-electron chi connectivity index (χ4n) is 4.03. The molecule has 0 atom stereocenters. The number of nitrogens with one attached hydrogen (secondary N) is 2. The Labute approximate surface area is 187 Å². The average Bonchev–Trinajstić information content (AvgIpc) is 3.39. The molecule has 0 bridgehead atoms. The second-order valence-electron chi connectivity index (χ2n) is 7.59. The van der Waals surface area contributed by atoms with Gasteiger partial charge in [0.25, 0.3) is 11.4 Å². The summed E-state index contributed by atoms with van der Waals surface area (Å²) < 4.78 is 0. The van der Waals surface area contributed by atoms with Gasteiger partial charge < -0.3 is 9.97 Å². The number of fused-ring (bicyclic) bond motifs is 1. The van der Waals surface area contributed by atoms with Crippen LogP contribution in [-0.2, 0) is 0 Å². The molecule has 0 aliphatic heterocycles. The predicted molar refractivity (Wildman–Crippen MR) is 125 cm³/mol. The number of imidazole rings is 1. The van der Waals surface area contributed by atoms with E-state index in [2.05, 4.69) is 9.97 Å². The van der Waals surface area contributed by atoms with E-state index < -0.39 is 9.85 Å². The maximum absolute atomic E-state index is 11.3. The van der Waals surface area contributed by atoms with Crippen LogP contribution in [0.25, 0.3) is 44.8 Å². The molecule has 0 saturated heterocycles. The van der Waals surface area contributed by atoms with Crippen LogP contribution in [0.4, 0.5) is 11.4 Å². The van der Waals surface area contributed by atoms with Crippen molar-refractivity contribution in [2.75, 3.05) is 0 Å². The van der Waals surface area contributed by atoms with Crippen molar-refractivity contribution in [1.82, 2.24) is 15.0 Å². The Morgan fingerprint density at radius 3 is 2.12 bits per heavy atom. The van der Waals surface area contributed by atoms with Crippen LogP contribution in [0.3, 0.4) is 0 Å². The molecule has 0 aliphatic carbocycles. The summed E-state index contributed by atoms with van der Waals surface area (Å²) in [7, 11) is 0. The topological polar surface area (TPSA) is 131 Å². The first-order valence-corrected chi connectivity index (χ1v) is 10.1. The molecule has 0 amide bonds. The van der Waals surface area contributed by atoms with E-state index in [1.807, 2.05) is 31.2 Å². The fraction of sp³-hybridized carbons (Fsp3) is 0.0417. The first kappa shape index (κ1) is 20.1. The minimum absolute atomic E-state index is 0.0584. The van der Waals surface area contributed by atoms with Gasteiger partial charge in [0.15, 0.2) is 0 Å². The molecule has 9 nitrogen and oxygen atoms in total. The van der Waals surface area contributed by atoms with Crippen LogP contribution in [0.1, 0.15) is 5.69 Å². The average molecular weight is 439 g/mol. The molecule has 33 heavy (non-hydrogen) atoms. The highest BCUT2D eigenvalue weighted by atomic mass is 16.6. The fourth-order valence-corrected chi connectivity index (χ4v) is 4.03. The zero-order valence-electron chi connectivity index (χ0n) is 17.4. The van der Waals surface area contributed by atoms with E-state index in [0.29, 0.717) is 28.3 Å². The highest BCUT2D eigenvalue weighted by Gasteiger charge is 2.21. The third-order valence-corrected chi connectivity index (χ3v) is 5.51. The Morgan fingerprint density at radius 2 is 1.42 bits per heavy atom. The standard InChI is InChI=1S/C24H17N5O4/c1-14-21(19-10-2-3-11-20(19)25-14)24-26-22(15-6-4-8-17(12-15)28(30)31)23(27-24)16-7-5-9-18(13-16)29(32)33/h2-13,25H,1H3,(H,26,27). The number of non-ortho nitro benzene ring substituents is 2. The monoisotopic (exact) mass is 439 g/mol. The van der Waals surface area contributed by atoms with Gasteiger partial charge in [0.1, 0.15) is 5.82 Å². The lowest BCUT2D eigenvalue weighted by atomic mass is 10.0. The minimum atomic E-state index is -0.464. The highest BCUT2D eigenvalue weighted by molar-refractivity contribution is 5.97. The Morgan fingerprint density at radius 1 is 0.788 bits per heavy atom. The number of nitrogens with zero attached hydrogens (tertiary/aromatic N) is 3. The summed E-state index contributed by atoms with van der Waals surface area (Å²) >= 11 is 0. The highest BCUT2D eigenvalue weighted by Crippen LogP contribution is 2.38. The van der Waals surface area contributed by atoms with E-state index in [1.165, 1.54) is 24.3 Å². The summed E-state index contributed by atoms with van der Waals surface area (Å²) in [6, 6.07) is 20.2. The number of hydrogen-bond donors (Lipinski definition) is 2. The number of benzene rings is 3. The molecular formula is C24H17N5O4. The molecule has 2 N–H and O–H groups in total. The lowest BCUT2D eigenvalue weighted by Gasteiger charge is -2.03. The van der Waals surface area contributed by atoms with E-state index >= 15 is 0 Å². The molecule has 0 unspecified atom stereocenters. The van der Waals surface area contributed by atoms with Gasteiger partial charge in [0.2, 0.25) is 0 Å². The summed E-state index contributed by atoms with van der Waals surface area (Å²) in [6.45, 7) is 1.94. The lowest BCUT2D eigenvalue weighted by molar-refractivity contribution is -0.385. The predicted octanol–water partition coefficient (Wildman–Crippen LogP) is 6.02. The third kappa shape index (κ3) is 3.51. The molecule has 0 spiro atoms. The normalized spacial score (nSPS) is 11.1. The van der Waals surface area contributed by atoms with E-state index in [0.717, 1.165) is 22.2 Å². The van der Waals surface area contributed by atoms with Crippen LogP contribution in [-0.4, -0.2) is 24.8 Å². The summed E-state index contributed by atoms with van der Waals surface area (Å²) in [5.74, 6) is 0.563. The summed E-state index contributed by atoms with van der Waals surface area (Å²) in [4.78, 5) is 33.2. The summed E-state index contributed by atoms with van der Waals surface area (Å²) in [5.41, 5.74) is 4.71. The van der Waals surface area contributed by atoms with Crippen molar-refractivity contribution in [1.29, 1.82) is 0 Å². The number of H-pyrrole nitrogens is 2. The Bertz CT molecular complexity index is 1470. The zero-order chi connectivity index (χ0) is 23.1. The van der Waals surface area contributed by atoms with Gasteiger partial charge in [-0.15, -0.1) is 0 Å². The minimum Gasteiger partial charge on any atom is -0.358 e. The number of hydrogen-bond acceptors (Lipinski definition) is 5. The molecule has 9 heteroatoms. The molecule has 5 rings (SSSR count). The van der Waals surface area contributed by atoms with Gasteiger partial charge in [0, 0.05) is 57.6 Å². The van der Waals surface area contributed by atoms with Crippen molar-refractivity contribution in [3.8, 4) is 33.9 Å². The second-order valence-corrected chi connectivity index (χ2v) is 7.59. The van der Waals surface area contributed by atoms with Crippen LogP contribution in [0.5, 0.6) is 0 Å². The van der Waals surface area contributed by atoms with Crippen LogP contribution in [0.15, 0.2) is 72.8 Å². The van der Waals surface area contributed by atoms with Crippen LogP contribution < -0.4 is 0 Å². The third-order valence-electron chi connectivity index (χ3n) is 5.51. The van der Waals surface area contributed by atoms with Crippen molar-refractivity contribution < 1.29 is 9.85 Å². The number of para-hydroxylation sites is 1. The van der Waals surface area contributed by atoms with Gasteiger partial charge >= 0.3 is 0 Å². The summed E-state index contributed by atoms with van der Waals surface area (Å²) in [6.07, 6.45) is 0. The van der Waals surface area contributed by atoms with Crippen molar-refractivity contribution >= 4 is 22.3 Å². The van der Waals surface area contributed by atoms with E-state index in [1.54, 1.807) is 24.3 Å². The first-order chi connectivity index (χ1) is 15.9. The molecule has 3 aromatic carbocycles. The Balaban J connectivity index is 1.77. The smallest absolute Gasteiger partial charge is 0.270 e. The lowest BCUT2D eigenvalue weighted by Crippen LogP contribution is -1.91. The van der Waals surface area contributed by atoms with Gasteiger partial charge in [-0.1, -0.05) is 42.5 Å². The number of aromatic nitrogens is 3. The van der Waals surface area contributed by atoms with Crippen LogP contribution >= 0.6 is 0 Å². The molecule has 5 aromatic rings. The maximum Gasteiger partial charge on any atom is 0.270 e. The molecule has 0 fully saturated rings. The molecule has 2 aromatic heterocycles. The maximum atomic E-state index is 11.3. The van der Waals surface area contributed by atoms with Crippen LogP contribution in [0.2, 0.25) is 0 Å². The first-order valence-electron chi connectivity index (χ1n) is 10.1. The zero-order valence-corrected chi connectivity index (χ0v) is 17.4. The van der Waals surface area contributed by atoms with Crippen molar-refractivity contribution in [3.63, 3.8) is 0 Å². The number of rotatable bonds is 5. The van der Waals surface area contributed by atoms with E-state index in [4.69, 9.17) is 4.98 Å². The van der Waals surface area contributed by atoms with Crippen LogP contribution in [0, 0.1) is 27.2 Å². The van der Waals surface area contributed by atoms with E-state index in [-0.39, 0.29) is 11.4 Å². The molecule has 2 heterocycles. The van der Waals surface area contributed by atoms with Gasteiger partial charge in [-0.25, -0.2) is 4.98 Å². The second kappa shape index (κ2) is 7.72. The molecular weight excluding hydrogens is 422 g/mol. The quantitative estimate of drug-likeness (QED) is 0.255. The van der Waals surface area contributed by atoms with Gasteiger partial charge in [-0.05, 0) is 13.0 Å². The van der Waals surface area contributed by atoms with Gasteiger partial charge in [0.05, 0.1) is 21.2 Å². The molecule has 0 radical (unpaired) electrons. The number of aryl methyl sites for hydroxylation is 1. The molecule has 0 saturated carbocycles.